The van der Waals surface area contributed by atoms with E-state index in [2.05, 4.69) is 31.4 Å². The lowest BCUT2D eigenvalue weighted by atomic mass is 10.1. The highest BCUT2D eigenvalue weighted by atomic mass is 79.9. The summed E-state index contributed by atoms with van der Waals surface area (Å²) in [5.41, 5.74) is 3.87. The minimum Gasteiger partial charge on any atom is -0.454 e. The second-order valence-electron chi connectivity index (χ2n) is 6.63. The molecule has 3 heterocycles. The van der Waals surface area contributed by atoms with Crippen molar-refractivity contribution in [1.82, 2.24) is 24.9 Å². The van der Waals surface area contributed by atoms with E-state index in [1.54, 1.807) is 6.07 Å². The van der Waals surface area contributed by atoms with Crippen molar-refractivity contribution in [2.24, 2.45) is 0 Å². The number of rotatable bonds is 6. The fourth-order valence-electron chi connectivity index (χ4n) is 3.03. The Bertz CT molecular complexity index is 969. The molecule has 3 rings (SSSR count). The van der Waals surface area contributed by atoms with Crippen LogP contribution in [0.25, 0.3) is 0 Å². The predicted octanol–water partition coefficient (Wildman–Crippen LogP) is 3.92. The Kier molecular flexibility index (Phi) is 5.55. The molecule has 3 aromatic heterocycles. The van der Waals surface area contributed by atoms with Crippen LogP contribution in [-0.4, -0.2) is 25.5 Å². The molecule has 1 atom stereocenters. The molecule has 1 unspecified atom stereocenters. The summed E-state index contributed by atoms with van der Waals surface area (Å²) in [6.45, 7) is 11.1. The fourth-order valence-corrected chi connectivity index (χ4v) is 3.31. The van der Waals surface area contributed by atoms with Gasteiger partial charge in [0.25, 0.3) is 5.91 Å². The van der Waals surface area contributed by atoms with Gasteiger partial charge in [0.05, 0.1) is 34.1 Å². The molecule has 0 spiro atoms. The Balaban J connectivity index is 1.69. The number of furan rings is 1. The summed E-state index contributed by atoms with van der Waals surface area (Å²) in [6, 6.07) is 3.35. The van der Waals surface area contributed by atoms with E-state index >= 15 is 0 Å². The van der Waals surface area contributed by atoms with Gasteiger partial charge in [-0.25, -0.2) is 0 Å². The molecule has 1 N–H and O–H groups in total. The highest BCUT2D eigenvalue weighted by Gasteiger charge is 2.19. The highest BCUT2D eigenvalue weighted by Crippen LogP contribution is 2.21. The number of aromatic nitrogens is 4. The molecule has 0 saturated carbocycles. The van der Waals surface area contributed by atoms with Crippen LogP contribution in [0.15, 0.2) is 27.2 Å². The van der Waals surface area contributed by atoms with Gasteiger partial charge < -0.3 is 9.73 Å². The van der Waals surface area contributed by atoms with Gasteiger partial charge in [0.2, 0.25) is 0 Å². The standard InChI is InChI=1S/C19H24BrN5O2/c1-6-24-10-16(12(3)22-24)11(2)21-19(26)17-8-7-15(27-17)9-25-14(5)18(20)13(4)23-25/h7-8,10-11H,6,9H2,1-5H3,(H,21,26). The largest absolute Gasteiger partial charge is 0.454 e. The summed E-state index contributed by atoms with van der Waals surface area (Å²) in [4.78, 5) is 12.5. The Labute approximate surface area is 166 Å². The predicted molar refractivity (Wildman–Crippen MR) is 106 cm³/mol. The maximum atomic E-state index is 12.5. The van der Waals surface area contributed by atoms with Gasteiger partial charge in [-0.3, -0.25) is 14.2 Å². The van der Waals surface area contributed by atoms with Crippen molar-refractivity contribution in [2.45, 2.75) is 53.8 Å². The molecule has 0 radical (unpaired) electrons. The van der Waals surface area contributed by atoms with Gasteiger partial charge in [0, 0.05) is 18.3 Å². The van der Waals surface area contributed by atoms with E-state index in [9.17, 15) is 4.79 Å². The Morgan fingerprint density at radius 3 is 2.59 bits per heavy atom. The number of carbonyl (C=O) groups is 1. The zero-order valence-electron chi connectivity index (χ0n) is 16.2. The van der Waals surface area contributed by atoms with E-state index in [4.69, 9.17) is 4.42 Å². The van der Waals surface area contributed by atoms with Crippen LogP contribution in [0.1, 0.15) is 58.8 Å². The zero-order valence-corrected chi connectivity index (χ0v) is 17.8. The number of nitrogens with one attached hydrogen (secondary N) is 1. The van der Waals surface area contributed by atoms with Crippen LogP contribution >= 0.6 is 15.9 Å². The molecule has 0 bridgehead atoms. The van der Waals surface area contributed by atoms with Gasteiger partial charge in [-0.1, -0.05) is 0 Å². The van der Waals surface area contributed by atoms with E-state index < -0.39 is 0 Å². The first kappa shape index (κ1) is 19.4. The zero-order chi connectivity index (χ0) is 19.7. The molecule has 0 aliphatic carbocycles. The summed E-state index contributed by atoms with van der Waals surface area (Å²) in [5.74, 6) is 0.728. The van der Waals surface area contributed by atoms with Crippen LogP contribution in [-0.2, 0) is 13.1 Å². The monoisotopic (exact) mass is 433 g/mol. The number of aryl methyl sites for hydroxylation is 3. The summed E-state index contributed by atoms with van der Waals surface area (Å²) in [5, 5.41) is 11.9. The quantitative estimate of drug-likeness (QED) is 0.638. The van der Waals surface area contributed by atoms with E-state index in [-0.39, 0.29) is 17.7 Å². The van der Waals surface area contributed by atoms with Crippen LogP contribution in [0.5, 0.6) is 0 Å². The van der Waals surface area contributed by atoms with Gasteiger partial charge in [-0.15, -0.1) is 0 Å². The molecule has 0 aliphatic heterocycles. The maximum absolute atomic E-state index is 12.5. The van der Waals surface area contributed by atoms with Crippen LogP contribution in [0, 0.1) is 20.8 Å². The van der Waals surface area contributed by atoms with Crippen LogP contribution < -0.4 is 5.32 Å². The van der Waals surface area contributed by atoms with Crippen molar-refractivity contribution >= 4 is 21.8 Å². The first-order valence-electron chi connectivity index (χ1n) is 8.93. The molecule has 8 heteroatoms. The van der Waals surface area contributed by atoms with Crippen LogP contribution in [0.3, 0.4) is 0 Å². The molecule has 7 nitrogen and oxygen atoms in total. The average molecular weight is 434 g/mol. The summed E-state index contributed by atoms with van der Waals surface area (Å²) in [7, 11) is 0. The third-order valence-corrected chi connectivity index (χ3v) is 5.75. The van der Waals surface area contributed by atoms with Gasteiger partial charge >= 0.3 is 0 Å². The van der Waals surface area contributed by atoms with Crippen molar-refractivity contribution in [3.63, 3.8) is 0 Å². The third-order valence-electron chi connectivity index (χ3n) is 4.61. The first-order valence-corrected chi connectivity index (χ1v) is 9.72. The number of nitrogens with zero attached hydrogens (tertiary/aromatic N) is 4. The minimum absolute atomic E-state index is 0.154. The SMILES string of the molecule is CCn1cc(C(C)NC(=O)c2ccc(Cn3nc(C)c(Br)c3C)o2)c(C)n1. The average Bonchev–Trinajstić information content (AvgIpc) is 3.31. The van der Waals surface area contributed by atoms with Crippen LogP contribution in [0.2, 0.25) is 0 Å². The van der Waals surface area contributed by atoms with E-state index in [1.165, 1.54) is 0 Å². The van der Waals surface area contributed by atoms with Crippen molar-refractivity contribution in [3.05, 3.63) is 57.0 Å². The maximum Gasteiger partial charge on any atom is 0.287 e. The summed E-state index contributed by atoms with van der Waals surface area (Å²) >= 11 is 3.52. The molecule has 0 fully saturated rings. The minimum atomic E-state index is -0.244. The molecule has 1 amide bonds. The molecule has 27 heavy (non-hydrogen) atoms. The summed E-state index contributed by atoms with van der Waals surface area (Å²) in [6.07, 6.45) is 1.97. The first-order chi connectivity index (χ1) is 12.8. The molecule has 3 aromatic rings. The Morgan fingerprint density at radius 1 is 1.26 bits per heavy atom. The topological polar surface area (TPSA) is 77.9 Å². The smallest absolute Gasteiger partial charge is 0.287 e. The second-order valence-corrected chi connectivity index (χ2v) is 7.42. The van der Waals surface area contributed by atoms with E-state index in [1.807, 2.05) is 56.2 Å². The molecule has 0 aromatic carbocycles. The number of hydrogen-bond donors (Lipinski definition) is 1. The molecule has 0 saturated heterocycles. The Hall–Kier alpha value is -2.35. The van der Waals surface area contributed by atoms with Gasteiger partial charge in [-0.2, -0.15) is 10.2 Å². The lowest BCUT2D eigenvalue weighted by Gasteiger charge is -2.12. The molecule has 0 aliphatic rings. The summed E-state index contributed by atoms with van der Waals surface area (Å²) < 4.78 is 10.4. The van der Waals surface area contributed by atoms with Crippen molar-refractivity contribution in [1.29, 1.82) is 0 Å². The Morgan fingerprint density at radius 2 is 2.00 bits per heavy atom. The fraction of sp³-hybridized carbons (Fsp3) is 0.421. The van der Waals surface area contributed by atoms with Crippen molar-refractivity contribution < 1.29 is 9.21 Å². The van der Waals surface area contributed by atoms with Crippen molar-refractivity contribution in [3.8, 4) is 0 Å². The number of halogens is 1. The molecule has 144 valence electrons. The van der Waals surface area contributed by atoms with Gasteiger partial charge in [0.1, 0.15) is 5.76 Å². The second kappa shape index (κ2) is 7.72. The normalized spacial score (nSPS) is 12.4. The highest BCUT2D eigenvalue weighted by molar-refractivity contribution is 9.10. The van der Waals surface area contributed by atoms with Crippen LogP contribution in [0.4, 0.5) is 0 Å². The molecular weight excluding hydrogens is 410 g/mol. The lowest BCUT2D eigenvalue weighted by Crippen LogP contribution is -2.26. The lowest BCUT2D eigenvalue weighted by molar-refractivity contribution is 0.0909. The third kappa shape index (κ3) is 4.00. The van der Waals surface area contributed by atoms with E-state index in [0.717, 1.165) is 33.7 Å². The van der Waals surface area contributed by atoms with E-state index in [0.29, 0.717) is 12.3 Å². The van der Waals surface area contributed by atoms with Gasteiger partial charge in [-0.05, 0) is 62.7 Å². The number of amides is 1. The van der Waals surface area contributed by atoms with Crippen molar-refractivity contribution in [2.75, 3.05) is 0 Å². The van der Waals surface area contributed by atoms with Gasteiger partial charge in [0.15, 0.2) is 5.76 Å². The number of hydrogen-bond acceptors (Lipinski definition) is 4. The number of carbonyl (C=O) groups excluding carboxylic acids is 1. The molecular formula is C19H24BrN5O2.